The number of rotatable bonds is 2. The number of carbonyl (C=O) groups excluding carboxylic acids is 1. The van der Waals surface area contributed by atoms with Gasteiger partial charge in [0.2, 0.25) is 10.0 Å². The quantitative estimate of drug-likeness (QED) is 0.882. The Hall–Kier alpha value is -0.960. The summed E-state index contributed by atoms with van der Waals surface area (Å²) in [5, 5.41) is 5.10. The van der Waals surface area contributed by atoms with Crippen molar-refractivity contribution in [3.8, 4) is 0 Å². The van der Waals surface area contributed by atoms with Crippen LogP contribution >= 0.6 is 11.3 Å². The number of primary sulfonamides is 1. The summed E-state index contributed by atoms with van der Waals surface area (Å²) in [5.41, 5.74) is -0.202. The van der Waals surface area contributed by atoms with Gasteiger partial charge in [-0.05, 0) is 25.0 Å². The van der Waals surface area contributed by atoms with E-state index in [1.165, 1.54) is 18.6 Å². The van der Waals surface area contributed by atoms with Gasteiger partial charge < -0.3 is 9.64 Å². The van der Waals surface area contributed by atoms with E-state index in [1.807, 2.05) is 0 Å². The lowest BCUT2D eigenvalue weighted by Gasteiger charge is -2.44. The van der Waals surface area contributed by atoms with Crippen LogP contribution in [0.25, 0.3) is 0 Å². The predicted molar refractivity (Wildman–Crippen MR) is 83.4 cm³/mol. The number of nitrogens with two attached hydrogens (primary N) is 1. The third kappa shape index (κ3) is 3.19. The lowest BCUT2D eigenvalue weighted by atomic mass is 9.83. The molecule has 122 valence electrons. The summed E-state index contributed by atoms with van der Waals surface area (Å²) in [6, 6.07) is 2.93. The SMILES string of the molecule is NS(=O)(=O)c1ccc(C(=O)N2CCOC3(CCCCC3)C2)s1. The molecule has 2 fully saturated rings. The summed E-state index contributed by atoms with van der Waals surface area (Å²) in [6.07, 6.45) is 5.47. The molecule has 1 saturated carbocycles. The summed E-state index contributed by atoms with van der Waals surface area (Å²) >= 11 is 0.932. The van der Waals surface area contributed by atoms with Crippen molar-refractivity contribution in [1.82, 2.24) is 4.90 Å². The van der Waals surface area contributed by atoms with Crippen LogP contribution in [-0.4, -0.2) is 44.5 Å². The van der Waals surface area contributed by atoms with Gasteiger partial charge in [-0.2, -0.15) is 0 Å². The molecular weight excluding hydrogens is 324 g/mol. The molecule has 2 heterocycles. The normalized spacial score (nSPS) is 22.0. The minimum Gasteiger partial charge on any atom is -0.371 e. The molecule has 8 heteroatoms. The third-order valence-corrected chi connectivity index (χ3v) is 6.88. The second kappa shape index (κ2) is 5.92. The van der Waals surface area contributed by atoms with E-state index in [9.17, 15) is 13.2 Å². The Bertz CT molecular complexity index is 657. The molecule has 2 aliphatic rings. The lowest BCUT2D eigenvalue weighted by molar-refractivity contribution is -0.117. The molecule has 1 aliphatic carbocycles. The van der Waals surface area contributed by atoms with Crippen LogP contribution < -0.4 is 5.14 Å². The van der Waals surface area contributed by atoms with Gasteiger partial charge in [-0.15, -0.1) is 11.3 Å². The maximum Gasteiger partial charge on any atom is 0.264 e. The summed E-state index contributed by atoms with van der Waals surface area (Å²) in [6.45, 7) is 1.68. The second-order valence-electron chi connectivity index (χ2n) is 5.98. The minimum absolute atomic E-state index is 0.0245. The Labute approximate surface area is 134 Å². The van der Waals surface area contributed by atoms with E-state index >= 15 is 0 Å². The molecule has 0 radical (unpaired) electrons. The molecule has 1 saturated heterocycles. The monoisotopic (exact) mass is 344 g/mol. The number of nitrogens with zero attached hydrogens (tertiary/aromatic N) is 1. The van der Waals surface area contributed by atoms with E-state index in [1.54, 1.807) is 4.90 Å². The number of amides is 1. The van der Waals surface area contributed by atoms with Crippen molar-refractivity contribution < 1.29 is 17.9 Å². The first-order chi connectivity index (χ1) is 10.4. The summed E-state index contributed by atoms with van der Waals surface area (Å²) in [7, 11) is -3.75. The van der Waals surface area contributed by atoms with Crippen LogP contribution in [-0.2, 0) is 14.8 Å². The molecule has 0 aromatic carbocycles. The highest BCUT2D eigenvalue weighted by atomic mass is 32.2. The van der Waals surface area contributed by atoms with Crippen LogP contribution in [0.2, 0.25) is 0 Å². The van der Waals surface area contributed by atoms with Gasteiger partial charge in [0.15, 0.2) is 0 Å². The molecule has 3 rings (SSSR count). The van der Waals surface area contributed by atoms with E-state index < -0.39 is 10.0 Å². The molecule has 0 unspecified atom stereocenters. The first kappa shape index (κ1) is 15.9. The highest BCUT2D eigenvalue weighted by Gasteiger charge is 2.39. The maximum atomic E-state index is 12.6. The van der Waals surface area contributed by atoms with Crippen LogP contribution in [0, 0.1) is 0 Å². The van der Waals surface area contributed by atoms with Gasteiger partial charge >= 0.3 is 0 Å². The van der Waals surface area contributed by atoms with Gasteiger partial charge in [0.25, 0.3) is 5.91 Å². The van der Waals surface area contributed by atoms with Crippen LogP contribution in [0.3, 0.4) is 0 Å². The van der Waals surface area contributed by atoms with Gasteiger partial charge in [0.1, 0.15) is 4.21 Å². The minimum atomic E-state index is -3.75. The molecule has 6 nitrogen and oxygen atoms in total. The zero-order valence-electron chi connectivity index (χ0n) is 12.3. The van der Waals surface area contributed by atoms with E-state index in [4.69, 9.17) is 9.88 Å². The van der Waals surface area contributed by atoms with Crippen LogP contribution in [0.5, 0.6) is 0 Å². The van der Waals surface area contributed by atoms with Gasteiger partial charge in [0.05, 0.1) is 23.6 Å². The fourth-order valence-electron chi connectivity index (χ4n) is 3.26. The van der Waals surface area contributed by atoms with Crippen molar-refractivity contribution in [3.05, 3.63) is 17.0 Å². The standard InChI is InChI=1S/C14H20N2O4S2/c15-22(18,19)12-5-4-11(21-12)13(17)16-8-9-20-14(10-16)6-2-1-3-7-14/h4-5H,1-3,6-10H2,(H2,15,18,19). The van der Waals surface area contributed by atoms with E-state index in [2.05, 4.69) is 0 Å². The average molecular weight is 344 g/mol. The van der Waals surface area contributed by atoms with E-state index in [-0.39, 0.29) is 15.7 Å². The Morgan fingerprint density at radius 2 is 2.00 bits per heavy atom. The second-order valence-corrected chi connectivity index (χ2v) is 8.85. The number of hydrogen-bond donors (Lipinski definition) is 1. The molecule has 0 bridgehead atoms. The Kier molecular flexibility index (Phi) is 4.28. The van der Waals surface area contributed by atoms with Crippen LogP contribution in [0.4, 0.5) is 0 Å². The van der Waals surface area contributed by atoms with Crippen LogP contribution in [0.15, 0.2) is 16.3 Å². The molecule has 2 N–H and O–H groups in total. The molecule has 1 aromatic heterocycles. The molecular formula is C14H20N2O4S2. The zero-order valence-corrected chi connectivity index (χ0v) is 13.9. The third-order valence-electron chi connectivity index (χ3n) is 4.37. The first-order valence-electron chi connectivity index (χ1n) is 7.46. The number of carbonyl (C=O) groups is 1. The van der Waals surface area contributed by atoms with Gasteiger partial charge in [-0.25, -0.2) is 13.6 Å². The van der Waals surface area contributed by atoms with Gasteiger partial charge in [-0.1, -0.05) is 19.3 Å². The van der Waals surface area contributed by atoms with Crippen molar-refractivity contribution in [2.24, 2.45) is 5.14 Å². The molecule has 0 atom stereocenters. The fourth-order valence-corrected chi connectivity index (χ4v) is 4.96. The Balaban J connectivity index is 1.75. The van der Waals surface area contributed by atoms with Gasteiger partial charge in [0, 0.05) is 6.54 Å². The lowest BCUT2D eigenvalue weighted by Crippen LogP contribution is -2.54. The smallest absolute Gasteiger partial charge is 0.264 e. The molecule has 22 heavy (non-hydrogen) atoms. The molecule has 1 spiro atoms. The summed E-state index contributed by atoms with van der Waals surface area (Å²) < 4.78 is 28.7. The number of morpholine rings is 1. The Morgan fingerprint density at radius 1 is 1.27 bits per heavy atom. The van der Waals surface area contributed by atoms with Crippen molar-refractivity contribution >= 4 is 27.3 Å². The molecule has 1 amide bonds. The van der Waals surface area contributed by atoms with Crippen molar-refractivity contribution in [3.63, 3.8) is 0 Å². The number of hydrogen-bond acceptors (Lipinski definition) is 5. The summed E-state index contributed by atoms with van der Waals surface area (Å²) in [4.78, 5) is 14.8. The number of ether oxygens (including phenoxy) is 1. The molecule has 1 aliphatic heterocycles. The fraction of sp³-hybridized carbons (Fsp3) is 0.643. The number of sulfonamides is 1. The van der Waals surface area contributed by atoms with Crippen LogP contribution in [0.1, 0.15) is 41.8 Å². The number of thiophene rings is 1. The average Bonchev–Trinajstić information content (AvgIpc) is 2.97. The highest BCUT2D eigenvalue weighted by molar-refractivity contribution is 7.91. The van der Waals surface area contributed by atoms with Gasteiger partial charge in [-0.3, -0.25) is 4.79 Å². The van der Waals surface area contributed by atoms with Crippen molar-refractivity contribution in [2.75, 3.05) is 19.7 Å². The molecule has 1 aromatic rings. The summed E-state index contributed by atoms with van der Waals surface area (Å²) in [5.74, 6) is -0.131. The van der Waals surface area contributed by atoms with E-state index in [0.29, 0.717) is 24.6 Å². The zero-order chi connectivity index (χ0) is 15.8. The Morgan fingerprint density at radius 3 is 2.64 bits per heavy atom. The topological polar surface area (TPSA) is 89.7 Å². The predicted octanol–water partition coefficient (Wildman–Crippen LogP) is 1.57. The largest absolute Gasteiger partial charge is 0.371 e. The van der Waals surface area contributed by atoms with Crippen molar-refractivity contribution in [1.29, 1.82) is 0 Å². The first-order valence-corrected chi connectivity index (χ1v) is 9.82. The maximum absolute atomic E-state index is 12.6. The highest BCUT2D eigenvalue weighted by Crippen LogP contribution is 2.35. The van der Waals surface area contributed by atoms with Crippen molar-refractivity contribution in [2.45, 2.75) is 41.9 Å². The van der Waals surface area contributed by atoms with E-state index in [0.717, 1.165) is 37.0 Å².